The van der Waals surface area contributed by atoms with Gasteiger partial charge in [-0.1, -0.05) is 41.9 Å². The molecule has 0 fully saturated rings. The Hall–Kier alpha value is -4.56. The number of aromatic nitrogens is 2. The van der Waals surface area contributed by atoms with Crippen molar-refractivity contribution < 1.29 is 23.9 Å². The molecular weight excluding hydrogens is 470 g/mol. The molecule has 2 heterocycles. The van der Waals surface area contributed by atoms with E-state index in [2.05, 4.69) is 15.3 Å². The van der Waals surface area contributed by atoms with Crippen LogP contribution in [0.3, 0.4) is 0 Å². The van der Waals surface area contributed by atoms with E-state index in [4.69, 9.17) is 21.1 Å². The molecule has 0 atom stereocenters. The molecule has 0 bridgehead atoms. The zero-order valence-electron chi connectivity index (χ0n) is 18.2. The average Bonchev–Trinajstić information content (AvgIpc) is 2.89. The summed E-state index contributed by atoms with van der Waals surface area (Å²) in [5.41, 5.74) is 0.930. The molecule has 1 amide bonds. The number of anilines is 1. The fraction of sp³-hybridized carbons (Fsp3) is 0.0385. The molecule has 4 rings (SSSR count). The van der Waals surface area contributed by atoms with E-state index in [1.165, 1.54) is 30.6 Å². The van der Waals surface area contributed by atoms with Crippen molar-refractivity contribution in [1.29, 1.82) is 0 Å². The van der Waals surface area contributed by atoms with Crippen molar-refractivity contribution in [1.82, 2.24) is 9.97 Å². The standard InChI is InChI=1S/C26H18ClN3O5/c27-18-10-11-22(21(14-18)24(32)17-6-2-1-3-7-17)30-23(31)16-34-26(33)20-9-5-13-29-25(20)35-19-8-4-12-28-15-19/h1-15H,16H2,(H,30,31). The fourth-order valence-corrected chi connectivity index (χ4v) is 3.27. The average molecular weight is 488 g/mol. The predicted octanol–water partition coefficient (Wildman–Crippen LogP) is 4.95. The smallest absolute Gasteiger partial charge is 0.344 e. The second-order valence-electron chi connectivity index (χ2n) is 7.16. The molecule has 8 nitrogen and oxygen atoms in total. The van der Waals surface area contributed by atoms with Crippen molar-refractivity contribution >= 4 is 34.9 Å². The van der Waals surface area contributed by atoms with Gasteiger partial charge in [-0.3, -0.25) is 14.6 Å². The maximum Gasteiger partial charge on any atom is 0.344 e. The highest BCUT2D eigenvalue weighted by Crippen LogP contribution is 2.25. The lowest BCUT2D eigenvalue weighted by atomic mass is 10.0. The van der Waals surface area contributed by atoms with Gasteiger partial charge in [0.2, 0.25) is 5.88 Å². The van der Waals surface area contributed by atoms with Crippen molar-refractivity contribution in [2.24, 2.45) is 0 Å². The predicted molar refractivity (Wildman–Crippen MR) is 129 cm³/mol. The van der Waals surface area contributed by atoms with E-state index in [-0.39, 0.29) is 28.5 Å². The van der Waals surface area contributed by atoms with Crippen molar-refractivity contribution in [2.75, 3.05) is 11.9 Å². The minimum Gasteiger partial charge on any atom is -0.452 e. The Morgan fingerprint density at radius 1 is 0.886 bits per heavy atom. The lowest BCUT2D eigenvalue weighted by Crippen LogP contribution is -2.22. The van der Waals surface area contributed by atoms with E-state index >= 15 is 0 Å². The number of amides is 1. The largest absolute Gasteiger partial charge is 0.452 e. The highest BCUT2D eigenvalue weighted by molar-refractivity contribution is 6.31. The summed E-state index contributed by atoms with van der Waals surface area (Å²) in [6.07, 6.45) is 4.51. The van der Waals surface area contributed by atoms with Crippen molar-refractivity contribution in [3.63, 3.8) is 0 Å². The number of rotatable bonds is 8. The molecule has 35 heavy (non-hydrogen) atoms. The minimum absolute atomic E-state index is 0.0133. The van der Waals surface area contributed by atoms with Gasteiger partial charge < -0.3 is 14.8 Å². The van der Waals surface area contributed by atoms with Crippen molar-refractivity contribution in [3.8, 4) is 11.6 Å². The number of ketones is 1. The number of ether oxygens (including phenoxy) is 2. The van der Waals surface area contributed by atoms with Gasteiger partial charge in [0.25, 0.3) is 5.91 Å². The monoisotopic (exact) mass is 487 g/mol. The van der Waals surface area contributed by atoms with Crippen LogP contribution in [0.25, 0.3) is 0 Å². The Labute approximate surface area is 205 Å². The van der Waals surface area contributed by atoms with Gasteiger partial charge in [0.15, 0.2) is 12.4 Å². The molecule has 0 saturated heterocycles. The maximum atomic E-state index is 12.9. The van der Waals surface area contributed by atoms with E-state index < -0.39 is 18.5 Å². The molecule has 0 aliphatic heterocycles. The summed E-state index contributed by atoms with van der Waals surface area (Å²) in [4.78, 5) is 46.1. The summed E-state index contributed by atoms with van der Waals surface area (Å²) in [7, 11) is 0. The van der Waals surface area contributed by atoms with Crippen LogP contribution in [0.2, 0.25) is 5.02 Å². The quantitative estimate of drug-likeness (QED) is 0.277. The molecular formula is C26H18ClN3O5. The summed E-state index contributed by atoms with van der Waals surface area (Å²) in [6, 6.07) is 19.5. The summed E-state index contributed by atoms with van der Waals surface area (Å²) in [6.45, 7) is -0.596. The van der Waals surface area contributed by atoms with Gasteiger partial charge in [-0.15, -0.1) is 0 Å². The third-order valence-electron chi connectivity index (χ3n) is 4.71. The van der Waals surface area contributed by atoms with Gasteiger partial charge >= 0.3 is 5.97 Å². The molecule has 0 saturated carbocycles. The molecule has 0 unspecified atom stereocenters. The molecule has 2 aromatic heterocycles. The Kier molecular flexibility index (Phi) is 7.44. The summed E-state index contributed by atoms with van der Waals surface area (Å²) in [5, 5.41) is 2.94. The third-order valence-corrected chi connectivity index (χ3v) is 4.95. The summed E-state index contributed by atoms with van der Waals surface area (Å²) < 4.78 is 10.8. The number of nitrogens with zero attached hydrogens (tertiary/aromatic N) is 2. The van der Waals surface area contributed by atoms with Crippen LogP contribution in [0, 0.1) is 0 Å². The van der Waals surface area contributed by atoms with Crippen LogP contribution in [0.1, 0.15) is 26.3 Å². The molecule has 0 spiro atoms. The lowest BCUT2D eigenvalue weighted by molar-refractivity contribution is -0.119. The van der Waals surface area contributed by atoms with Crippen LogP contribution < -0.4 is 10.1 Å². The second kappa shape index (κ2) is 11.0. The third kappa shape index (κ3) is 6.07. The minimum atomic E-state index is -0.802. The van der Waals surface area contributed by atoms with E-state index in [1.807, 2.05) is 0 Å². The first-order valence-electron chi connectivity index (χ1n) is 10.4. The first-order chi connectivity index (χ1) is 17.0. The molecule has 0 aliphatic carbocycles. The topological polar surface area (TPSA) is 107 Å². The molecule has 4 aromatic rings. The van der Waals surface area contributed by atoms with Crippen LogP contribution in [0.5, 0.6) is 11.6 Å². The summed E-state index contributed by atoms with van der Waals surface area (Å²) >= 11 is 6.07. The number of hydrogen-bond acceptors (Lipinski definition) is 7. The number of pyridine rings is 2. The number of esters is 1. The zero-order valence-corrected chi connectivity index (χ0v) is 18.9. The molecule has 0 radical (unpaired) electrons. The maximum absolute atomic E-state index is 12.9. The number of carbonyl (C=O) groups is 3. The van der Waals surface area contributed by atoms with Crippen LogP contribution >= 0.6 is 11.6 Å². The van der Waals surface area contributed by atoms with E-state index in [0.29, 0.717) is 16.3 Å². The van der Waals surface area contributed by atoms with Gasteiger partial charge in [-0.2, -0.15) is 0 Å². The Bertz CT molecular complexity index is 1360. The second-order valence-corrected chi connectivity index (χ2v) is 7.59. The van der Waals surface area contributed by atoms with Gasteiger partial charge in [0.1, 0.15) is 11.3 Å². The van der Waals surface area contributed by atoms with Crippen molar-refractivity contribution in [3.05, 3.63) is 113 Å². The molecule has 0 aliphatic rings. The van der Waals surface area contributed by atoms with Gasteiger partial charge in [-0.05, 0) is 42.5 Å². The SMILES string of the molecule is O=C(COC(=O)c1cccnc1Oc1cccnc1)Nc1ccc(Cl)cc1C(=O)c1ccccc1. The van der Waals surface area contributed by atoms with E-state index in [1.54, 1.807) is 60.8 Å². The Morgan fingerprint density at radius 2 is 1.69 bits per heavy atom. The first-order valence-corrected chi connectivity index (χ1v) is 10.8. The van der Waals surface area contributed by atoms with E-state index in [0.717, 1.165) is 0 Å². The number of benzene rings is 2. The number of nitrogens with one attached hydrogen (secondary N) is 1. The lowest BCUT2D eigenvalue weighted by Gasteiger charge is -2.12. The van der Waals surface area contributed by atoms with Crippen LogP contribution in [0.15, 0.2) is 91.4 Å². The Morgan fingerprint density at radius 3 is 2.46 bits per heavy atom. The van der Waals surface area contributed by atoms with E-state index in [9.17, 15) is 14.4 Å². The van der Waals surface area contributed by atoms with Crippen LogP contribution in [-0.4, -0.2) is 34.2 Å². The highest BCUT2D eigenvalue weighted by atomic mass is 35.5. The van der Waals surface area contributed by atoms with Crippen LogP contribution in [-0.2, 0) is 9.53 Å². The molecule has 174 valence electrons. The summed E-state index contributed by atoms with van der Waals surface area (Å²) in [5.74, 6) is -1.35. The Balaban J connectivity index is 1.43. The molecule has 9 heteroatoms. The first kappa shape index (κ1) is 23.6. The molecule has 1 N–H and O–H groups in total. The van der Waals surface area contributed by atoms with Crippen molar-refractivity contribution in [2.45, 2.75) is 0 Å². The zero-order chi connectivity index (χ0) is 24.6. The number of hydrogen-bond donors (Lipinski definition) is 1. The highest BCUT2D eigenvalue weighted by Gasteiger charge is 2.19. The fourth-order valence-electron chi connectivity index (χ4n) is 3.10. The van der Waals surface area contributed by atoms with Gasteiger partial charge in [-0.25, -0.2) is 9.78 Å². The molecule has 2 aromatic carbocycles. The van der Waals surface area contributed by atoms with Gasteiger partial charge in [0.05, 0.1) is 11.9 Å². The number of halogens is 1. The number of carbonyl (C=O) groups excluding carboxylic acids is 3. The van der Waals surface area contributed by atoms with Crippen LogP contribution in [0.4, 0.5) is 5.69 Å². The van der Waals surface area contributed by atoms with Gasteiger partial charge in [0, 0.05) is 28.5 Å². The normalized spacial score (nSPS) is 10.3.